The predicted molar refractivity (Wildman–Crippen MR) is 115 cm³/mol. The molecule has 0 aliphatic carbocycles. The van der Waals surface area contributed by atoms with E-state index in [0.717, 1.165) is 22.9 Å². The lowest BCUT2D eigenvalue weighted by atomic mass is 10.0. The summed E-state index contributed by atoms with van der Waals surface area (Å²) in [5.41, 5.74) is 0.273. The lowest BCUT2D eigenvalue weighted by Gasteiger charge is -2.20. The number of hydrogen-bond acceptors (Lipinski definition) is 5. The van der Waals surface area contributed by atoms with E-state index >= 15 is 0 Å². The molecule has 2 heterocycles. The van der Waals surface area contributed by atoms with Crippen LogP contribution in [0, 0.1) is 0 Å². The van der Waals surface area contributed by atoms with E-state index in [9.17, 15) is 23.1 Å². The largest absolute Gasteiger partial charge is 0.416 e. The fourth-order valence-electron chi connectivity index (χ4n) is 4.02. The van der Waals surface area contributed by atoms with Gasteiger partial charge in [0.2, 0.25) is 5.91 Å². The number of rotatable bonds is 5. The molecule has 1 saturated heterocycles. The molecule has 32 heavy (non-hydrogen) atoms. The predicted octanol–water partition coefficient (Wildman–Crippen LogP) is 3.88. The van der Waals surface area contributed by atoms with Crippen molar-refractivity contribution in [1.82, 2.24) is 15.1 Å². The third-order valence-corrected chi connectivity index (χ3v) is 5.60. The van der Waals surface area contributed by atoms with Gasteiger partial charge in [0.15, 0.2) is 5.82 Å². The molecule has 0 saturated carbocycles. The lowest BCUT2D eigenvalue weighted by molar-refractivity contribution is -0.137. The van der Waals surface area contributed by atoms with Crippen LogP contribution in [0.25, 0.3) is 22.0 Å². The van der Waals surface area contributed by atoms with E-state index in [-0.39, 0.29) is 24.6 Å². The first-order valence-electron chi connectivity index (χ1n) is 10.0. The Hall–Kier alpha value is -3.46. The molecule has 4 rings (SSSR count). The Balaban J connectivity index is 1.65. The van der Waals surface area contributed by atoms with E-state index in [4.69, 9.17) is 0 Å². The van der Waals surface area contributed by atoms with Crippen molar-refractivity contribution in [2.24, 2.45) is 0 Å². The van der Waals surface area contributed by atoms with Gasteiger partial charge in [0.25, 0.3) is 0 Å². The van der Waals surface area contributed by atoms with Crippen molar-refractivity contribution in [3.8, 4) is 11.3 Å². The van der Waals surface area contributed by atoms with Gasteiger partial charge in [-0.25, -0.2) is 0 Å². The molecule has 2 N–H and O–H groups in total. The Morgan fingerprint density at radius 2 is 1.84 bits per heavy atom. The molecule has 3 aromatic rings. The van der Waals surface area contributed by atoms with E-state index in [0.29, 0.717) is 30.0 Å². The van der Waals surface area contributed by atoms with Gasteiger partial charge in [-0.05, 0) is 24.6 Å². The number of halogens is 3. The number of aromatic nitrogens is 2. The first-order valence-corrected chi connectivity index (χ1v) is 10.0. The third-order valence-electron chi connectivity index (χ3n) is 5.60. The molecule has 0 bridgehead atoms. The third kappa shape index (κ3) is 4.16. The van der Waals surface area contributed by atoms with Crippen LogP contribution in [-0.2, 0) is 11.0 Å². The highest BCUT2D eigenvalue weighted by Crippen LogP contribution is 2.34. The number of aliphatic hydroxyl groups excluding tert-OH is 1. The molecular formula is C23H21F3N4O2. The highest BCUT2D eigenvalue weighted by Gasteiger charge is 2.34. The summed E-state index contributed by atoms with van der Waals surface area (Å²) in [5, 5.41) is 23.0. The lowest BCUT2D eigenvalue weighted by Crippen LogP contribution is -2.37. The fraction of sp³-hybridized carbons (Fsp3) is 0.261. The second kappa shape index (κ2) is 8.58. The molecule has 0 radical (unpaired) electrons. The van der Waals surface area contributed by atoms with Crippen LogP contribution in [-0.4, -0.2) is 51.3 Å². The van der Waals surface area contributed by atoms with E-state index in [2.05, 4.69) is 22.1 Å². The monoisotopic (exact) mass is 442 g/mol. The minimum Gasteiger partial charge on any atom is -0.394 e. The topological polar surface area (TPSA) is 78.4 Å². The zero-order valence-electron chi connectivity index (χ0n) is 17.0. The van der Waals surface area contributed by atoms with Crippen LogP contribution < -0.4 is 5.32 Å². The number of carbonyl (C=O) groups is 1. The number of carbonyl (C=O) groups excluding carboxylic acids is 1. The summed E-state index contributed by atoms with van der Waals surface area (Å²) < 4.78 is 38.7. The van der Waals surface area contributed by atoms with E-state index in [1.165, 1.54) is 18.2 Å². The molecular weight excluding hydrogens is 421 g/mol. The van der Waals surface area contributed by atoms with Crippen molar-refractivity contribution >= 4 is 22.5 Å². The Bertz CT molecular complexity index is 1150. The molecule has 1 aliphatic heterocycles. The van der Waals surface area contributed by atoms with Gasteiger partial charge in [-0.3, -0.25) is 4.79 Å². The molecule has 0 spiro atoms. The van der Waals surface area contributed by atoms with Crippen molar-refractivity contribution < 1.29 is 23.1 Å². The van der Waals surface area contributed by atoms with Crippen LogP contribution in [0.4, 0.5) is 19.0 Å². The molecule has 1 fully saturated rings. The smallest absolute Gasteiger partial charge is 0.394 e. The molecule has 6 nitrogen and oxygen atoms in total. The number of nitrogens with zero attached hydrogens (tertiary/aromatic N) is 3. The van der Waals surface area contributed by atoms with Crippen molar-refractivity contribution in [2.45, 2.75) is 24.7 Å². The maximum Gasteiger partial charge on any atom is 0.416 e. The van der Waals surface area contributed by atoms with Gasteiger partial charge < -0.3 is 15.3 Å². The number of amides is 1. The van der Waals surface area contributed by atoms with E-state index in [1.807, 2.05) is 24.3 Å². The van der Waals surface area contributed by atoms with Gasteiger partial charge in [-0.1, -0.05) is 43.0 Å². The van der Waals surface area contributed by atoms with Crippen LogP contribution in [0.5, 0.6) is 0 Å². The quantitative estimate of drug-likeness (QED) is 0.587. The zero-order chi connectivity index (χ0) is 22.9. The summed E-state index contributed by atoms with van der Waals surface area (Å²) in [6.07, 6.45) is -2.65. The van der Waals surface area contributed by atoms with Crippen LogP contribution in [0.15, 0.2) is 61.2 Å². The molecule has 166 valence electrons. The summed E-state index contributed by atoms with van der Waals surface area (Å²) in [7, 11) is 0. The maximum absolute atomic E-state index is 12.9. The first-order chi connectivity index (χ1) is 15.3. The molecule has 0 unspecified atom stereocenters. The Morgan fingerprint density at radius 3 is 2.47 bits per heavy atom. The number of likely N-dealkylation sites (tertiary alicyclic amines) is 1. The average Bonchev–Trinajstić information content (AvgIpc) is 3.21. The number of aliphatic hydroxyl groups is 1. The second-order valence-electron chi connectivity index (χ2n) is 7.63. The second-order valence-corrected chi connectivity index (χ2v) is 7.63. The minimum atomic E-state index is -4.41. The highest BCUT2D eigenvalue weighted by atomic mass is 19.4. The Kier molecular flexibility index (Phi) is 5.84. The number of benzene rings is 2. The molecule has 1 aliphatic rings. The van der Waals surface area contributed by atoms with Crippen molar-refractivity contribution in [2.75, 3.05) is 18.5 Å². The van der Waals surface area contributed by atoms with Crippen LogP contribution in [0.2, 0.25) is 0 Å². The first kappa shape index (κ1) is 21.8. The standard InChI is InChI=1S/C23H21F3N4O2/c1-2-20(32)30-12-16(11-17(30)13-31)27-22-19-6-4-3-5-18(19)21(28-29-22)14-7-9-15(10-8-14)23(24,25)26/h2-10,16-17,31H,1,11-13H2,(H,27,29)/t16-,17+/m0/s1. The van der Waals surface area contributed by atoms with Crippen molar-refractivity contribution in [1.29, 1.82) is 0 Å². The zero-order valence-corrected chi connectivity index (χ0v) is 17.0. The number of anilines is 1. The van der Waals surface area contributed by atoms with Gasteiger partial charge in [0.05, 0.1) is 18.2 Å². The van der Waals surface area contributed by atoms with Crippen LogP contribution in [0.3, 0.4) is 0 Å². The summed E-state index contributed by atoms with van der Waals surface area (Å²) in [4.78, 5) is 13.6. The van der Waals surface area contributed by atoms with Crippen LogP contribution >= 0.6 is 0 Å². The highest BCUT2D eigenvalue weighted by molar-refractivity contribution is 6.00. The molecule has 9 heteroatoms. The van der Waals surface area contributed by atoms with Gasteiger partial charge in [-0.15, -0.1) is 10.2 Å². The Morgan fingerprint density at radius 1 is 1.16 bits per heavy atom. The number of fused-ring (bicyclic) bond motifs is 1. The van der Waals surface area contributed by atoms with E-state index in [1.54, 1.807) is 4.90 Å². The minimum absolute atomic E-state index is 0.148. The van der Waals surface area contributed by atoms with Gasteiger partial charge in [0.1, 0.15) is 5.69 Å². The summed E-state index contributed by atoms with van der Waals surface area (Å²) >= 11 is 0. The summed E-state index contributed by atoms with van der Waals surface area (Å²) in [5.74, 6) is 0.257. The average molecular weight is 442 g/mol. The SMILES string of the molecule is C=CC(=O)N1C[C@@H](Nc2nnc(-c3ccc(C(F)(F)F)cc3)c3ccccc23)C[C@@H]1CO. The number of alkyl halides is 3. The van der Waals surface area contributed by atoms with Gasteiger partial charge in [0, 0.05) is 28.9 Å². The van der Waals surface area contributed by atoms with Crippen molar-refractivity contribution in [3.05, 3.63) is 66.7 Å². The number of hydrogen-bond donors (Lipinski definition) is 2. The molecule has 2 aromatic carbocycles. The number of nitrogens with one attached hydrogen (secondary N) is 1. The van der Waals surface area contributed by atoms with Gasteiger partial charge >= 0.3 is 6.18 Å². The maximum atomic E-state index is 12.9. The van der Waals surface area contributed by atoms with E-state index < -0.39 is 11.7 Å². The summed E-state index contributed by atoms with van der Waals surface area (Å²) in [6.45, 7) is 3.73. The molecule has 2 atom stereocenters. The van der Waals surface area contributed by atoms with Crippen LogP contribution in [0.1, 0.15) is 12.0 Å². The van der Waals surface area contributed by atoms with Gasteiger partial charge in [-0.2, -0.15) is 13.2 Å². The molecule has 1 amide bonds. The fourth-order valence-corrected chi connectivity index (χ4v) is 4.02. The summed E-state index contributed by atoms with van der Waals surface area (Å²) in [6, 6.07) is 11.7. The van der Waals surface area contributed by atoms with Crippen molar-refractivity contribution in [3.63, 3.8) is 0 Å². The Labute approximate surface area is 182 Å². The normalized spacial score (nSPS) is 18.7. The molecule has 1 aromatic heterocycles.